The van der Waals surface area contributed by atoms with Crippen molar-refractivity contribution in [3.63, 3.8) is 0 Å². The van der Waals surface area contributed by atoms with Crippen molar-refractivity contribution >= 4 is 17.6 Å². The van der Waals surface area contributed by atoms with Gasteiger partial charge >= 0.3 is 0 Å². The van der Waals surface area contributed by atoms with Crippen LogP contribution in [0.25, 0.3) is 0 Å². The molecule has 0 aromatic heterocycles. The van der Waals surface area contributed by atoms with Crippen LogP contribution in [0.5, 0.6) is 0 Å². The van der Waals surface area contributed by atoms with Crippen LogP contribution in [0.3, 0.4) is 0 Å². The minimum absolute atomic E-state index is 0.0625. The highest BCUT2D eigenvalue weighted by atomic mass is 19.2. The van der Waals surface area contributed by atoms with Gasteiger partial charge in [0.2, 0.25) is 11.8 Å². The lowest BCUT2D eigenvalue weighted by molar-refractivity contribution is -0.139. The topological polar surface area (TPSA) is 54.5 Å². The van der Waals surface area contributed by atoms with Crippen molar-refractivity contribution in [3.8, 4) is 0 Å². The highest BCUT2D eigenvalue weighted by Crippen LogP contribution is 2.35. The molecule has 3 rings (SSSR count). The lowest BCUT2D eigenvalue weighted by atomic mass is 9.85. The van der Waals surface area contributed by atoms with E-state index >= 15 is 0 Å². The molecule has 0 spiro atoms. The third-order valence-corrected chi connectivity index (χ3v) is 4.14. The summed E-state index contributed by atoms with van der Waals surface area (Å²) in [4.78, 5) is 37.5. The molecule has 1 aromatic rings. The number of likely N-dealkylation sites (tertiary alicyclic amines) is 1. The zero-order valence-electron chi connectivity index (χ0n) is 11.6. The van der Waals surface area contributed by atoms with Gasteiger partial charge < -0.3 is 0 Å². The summed E-state index contributed by atoms with van der Waals surface area (Å²) in [6.07, 6.45) is 4.69. The van der Waals surface area contributed by atoms with E-state index in [0.29, 0.717) is 12.8 Å². The Hall–Kier alpha value is -2.37. The molecule has 0 N–H and O–H groups in total. The molecule has 6 heteroatoms. The highest BCUT2D eigenvalue weighted by molar-refractivity contribution is 6.10. The number of amides is 2. The number of carbonyl (C=O) groups excluding carboxylic acids is 3. The average molecular weight is 305 g/mol. The first-order valence-corrected chi connectivity index (χ1v) is 6.97. The maximum absolute atomic E-state index is 13.2. The van der Waals surface area contributed by atoms with E-state index in [1.165, 1.54) is 0 Å². The van der Waals surface area contributed by atoms with Crippen LogP contribution in [0.4, 0.5) is 8.78 Å². The van der Waals surface area contributed by atoms with Crippen molar-refractivity contribution in [2.24, 2.45) is 11.8 Å². The van der Waals surface area contributed by atoms with E-state index in [-0.39, 0.29) is 17.4 Å². The second-order valence-electron chi connectivity index (χ2n) is 5.47. The Morgan fingerprint density at radius 1 is 1.05 bits per heavy atom. The third-order valence-electron chi connectivity index (χ3n) is 4.14. The monoisotopic (exact) mass is 305 g/mol. The lowest BCUT2D eigenvalue weighted by Gasteiger charge is -2.14. The van der Waals surface area contributed by atoms with Gasteiger partial charge in [0.15, 0.2) is 17.4 Å². The van der Waals surface area contributed by atoms with Gasteiger partial charge in [-0.05, 0) is 31.0 Å². The second-order valence-corrected chi connectivity index (χ2v) is 5.47. The van der Waals surface area contributed by atoms with Crippen LogP contribution in [-0.4, -0.2) is 29.0 Å². The predicted octanol–water partition coefficient (Wildman–Crippen LogP) is 2.10. The van der Waals surface area contributed by atoms with E-state index in [9.17, 15) is 23.2 Å². The quantitative estimate of drug-likeness (QED) is 0.488. The van der Waals surface area contributed by atoms with Crippen molar-refractivity contribution in [1.29, 1.82) is 0 Å². The molecule has 22 heavy (non-hydrogen) atoms. The van der Waals surface area contributed by atoms with Crippen molar-refractivity contribution in [3.05, 3.63) is 47.5 Å². The van der Waals surface area contributed by atoms with Crippen LogP contribution in [0, 0.1) is 23.5 Å². The fourth-order valence-electron chi connectivity index (χ4n) is 2.93. The predicted molar refractivity (Wildman–Crippen MR) is 72.8 cm³/mol. The van der Waals surface area contributed by atoms with Gasteiger partial charge in [-0.3, -0.25) is 19.3 Å². The van der Waals surface area contributed by atoms with Crippen LogP contribution < -0.4 is 0 Å². The largest absolute Gasteiger partial charge is 0.292 e. The SMILES string of the molecule is O=C(CN1C(=O)[C@@H]2CC=CC[C@H]2C1=O)c1ccc(F)c(F)c1. The summed E-state index contributed by atoms with van der Waals surface area (Å²) in [5.41, 5.74) is -0.0625. The molecule has 2 atom stereocenters. The maximum atomic E-state index is 13.2. The first-order valence-electron chi connectivity index (χ1n) is 6.97. The Bertz CT molecular complexity index is 673. The molecule has 1 saturated heterocycles. The molecule has 0 bridgehead atoms. The summed E-state index contributed by atoms with van der Waals surface area (Å²) in [5, 5.41) is 0. The van der Waals surface area contributed by atoms with Crippen LogP contribution >= 0.6 is 0 Å². The fourth-order valence-corrected chi connectivity index (χ4v) is 2.93. The van der Waals surface area contributed by atoms with Crippen LogP contribution in [-0.2, 0) is 9.59 Å². The molecule has 0 saturated carbocycles. The number of imide groups is 1. The molecular formula is C16H13F2NO3. The summed E-state index contributed by atoms with van der Waals surface area (Å²) in [6, 6.07) is 2.76. The van der Waals surface area contributed by atoms with Crippen LogP contribution in [0.1, 0.15) is 23.2 Å². The van der Waals surface area contributed by atoms with Gasteiger partial charge in [0, 0.05) is 5.56 Å². The zero-order valence-corrected chi connectivity index (χ0v) is 11.6. The van der Waals surface area contributed by atoms with Gasteiger partial charge in [-0.25, -0.2) is 8.78 Å². The standard InChI is InChI=1S/C16H13F2NO3/c17-12-6-5-9(7-13(12)18)14(20)8-19-15(21)10-3-1-2-4-11(10)16(19)22/h1-2,5-7,10-11H,3-4,8H2/t10-,11-/m1/s1. The van der Waals surface area contributed by atoms with Crippen molar-refractivity contribution in [1.82, 2.24) is 4.90 Å². The highest BCUT2D eigenvalue weighted by Gasteiger charge is 2.47. The number of carbonyl (C=O) groups is 3. The number of nitrogens with zero attached hydrogens (tertiary/aromatic N) is 1. The number of fused-ring (bicyclic) bond motifs is 1. The number of hydrogen-bond donors (Lipinski definition) is 0. The summed E-state index contributed by atoms with van der Waals surface area (Å²) in [7, 11) is 0. The number of rotatable bonds is 3. The lowest BCUT2D eigenvalue weighted by Crippen LogP contribution is -2.36. The van der Waals surface area contributed by atoms with Crippen molar-refractivity contribution in [2.45, 2.75) is 12.8 Å². The fraction of sp³-hybridized carbons (Fsp3) is 0.312. The van der Waals surface area contributed by atoms with Gasteiger partial charge in [-0.2, -0.15) is 0 Å². The molecule has 4 nitrogen and oxygen atoms in total. The van der Waals surface area contributed by atoms with E-state index in [4.69, 9.17) is 0 Å². The molecule has 2 aliphatic rings. The van der Waals surface area contributed by atoms with Gasteiger partial charge in [-0.15, -0.1) is 0 Å². The average Bonchev–Trinajstić information content (AvgIpc) is 2.75. The summed E-state index contributed by atoms with van der Waals surface area (Å²) in [6.45, 7) is -0.435. The van der Waals surface area contributed by atoms with Gasteiger partial charge in [0.1, 0.15) is 0 Å². The van der Waals surface area contributed by atoms with Gasteiger partial charge in [-0.1, -0.05) is 12.2 Å². The van der Waals surface area contributed by atoms with Crippen molar-refractivity contribution < 1.29 is 23.2 Å². The van der Waals surface area contributed by atoms with E-state index in [1.54, 1.807) is 0 Å². The molecule has 1 fully saturated rings. The molecule has 1 aliphatic heterocycles. The Balaban J connectivity index is 1.78. The molecule has 1 aromatic carbocycles. The molecular weight excluding hydrogens is 292 g/mol. The molecule has 0 unspecified atom stereocenters. The number of benzene rings is 1. The summed E-state index contributed by atoms with van der Waals surface area (Å²) < 4.78 is 26.0. The Morgan fingerprint density at radius 3 is 2.18 bits per heavy atom. The van der Waals surface area contributed by atoms with Gasteiger partial charge in [0.25, 0.3) is 0 Å². The Labute approximate surface area is 125 Å². The minimum atomic E-state index is -1.14. The normalized spacial score (nSPS) is 23.8. The van der Waals surface area contributed by atoms with E-state index in [2.05, 4.69) is 0 Å². The minimum Gasteiger partial charge on any atom is -0.292 e. The number of halogens is 2. The van der Waals surface area contributed by atoms with Crippen molar-refractivity contribution in [2.75, 3.05) is 6.54 Å². The number of hydrogen-bond acceptors (Lipinski definition) is 3. The molecule has 114 valence electrons. The van der Waals surface area contributed by atoms with E-state index in [1.807, 2.05) is 12.2 Å². The van der Waals surface area contributed by atoms with Crippen LogP contribution in [0.2, 0.25) is 0 Å². The smallest absolute Gasteiger partial charge is 0.233 e. The molecule has 2 amide bonds. The first kappa shape index (κ1) is 14.6. The van der Waals surface area contributed by atoms with E-state index in [0.717, 1.165) is 23.1 Å². The van der Waals surface area contributed by atoms with Crippen LogP contribution in [0.15, 0.2) is 30.4 Å². The second kappa shape index (κ2) is 5.44. The third kappa shape index (κ3) is 2.34. The zero-order chi connectivity index (χ0) is 15.9. The van der Waals surface area contributed by atoms with E-state index < -0.39 is 35.8 Å². The summed E-state index contributed by atoms with van der Waals surface area (Å²) in [5.74, 6) is -4.33. The number of allylic oxidation sites excluding steroid dienone is 2. The van der Waals surface area contributed by atoms with Gasteiger partial charge in [0.05, 0.1) is 18.4 Å². The maximum Gasteiger partial charge on any atom is 0.233 e. The molecule has 0 radical (unpaired) electrons. The molecule has 1 heterocycles. The number of Topliss-reactive ketones (excluding diaryl/α,β-unsaturated/α-hetero) is 1. The summed E-state index contributed by atoms with van der Waals surface area (Å²) >= 11 is 0. The Kier molecular flexibility index (Phi) is 3.60. The Morgan fingerprint density at radius 2 is 1.64 bits per heavy atom. The molecule has 1 aliphatic carbocycles. The number of ketones is 1. The first-order chi connectivity index (χ1) is 10.5.